The van der Waals surface area contributed by atoms with E-state index in [0.717, 1.165) is 5.69 Å². The van der Waals surface area contributed by atoms with Crippen LogP contribution in [0.15, 0.2) is 24.3 Å². The van der Waals surface area contributed by atoms with Crippen LogP contribution in [-0.2, 0) is 0 Å². The molecule has 0 heterocycles. The van der Waals surface area contributed by atoms with Gasteiger partial charge < -0.3 is 10.5 Å². The average Bonchev–Trinajstić information content (AvgIpc) is 2.17. The molecule has 3 nitrogen and oxygen atoms in total. The molecule has 1 rings (SSSR count). The standard InChI is InChI=1S/C8H11BN2O/c1-10-7-4-2-3-6(5-7)8(12)11-9/h2-5,10H,9H2,1H3,(H,11,12). The Hall–Kier alpha value is -1.45. The maximum atomic E-state index is 11.1. The summed E-state index contributed by atoms with van der Waals surface area (Å²) in [6.07, 6.45) is 0. The van der Waals surface area contributed by atoms with E-state index in [0.29, 0.717) is 5.56 Å². The second-order valence-electron chi connectivity index (χ2n) is 2.41. The normalized spacial score (nSPS) is 9.08. The zero-order valence-corrected chi connectivity index (χ0v) is 7.22. The largest absolute Gasteiger partial charge is 0.402 e. The Morgan fingerprint density at radius 3 is 2.83 bits per heavy atom. The van der Waals surface area contributed by atoms with Gasteiger partial charge in [-0.3, -0.25) is 4.79 Å². The van der Waals surface area contributed by atoms with E-state index in [4.69, 9.17) is 0 Å². The smallest absolute Gasteiger partial charge is 0.238 e. The zero-order chi connectivity index (χ0) is 8.97. The van der Waals surface area contributed by atoms with E-state index in [2.05, 4.69) is 10.5 Å². The second-order valence-corrected chi connectivity index (χ2v) is 2.41. The number of benzene rings is 1. The maximum absolute atomic E-state index is 11.1. The molecule has 0 aliphatic carbocycles. The molecule has 0 radical (unpaired) electrons. The van der Waals surface area contributed by atoms with Gasteiger partial charge in [0.25, 0.3) is 0 Å². The topological polar surface area (TPSA) is 41.1 Å². The van der Waals surface area contributed by atoms with Gasteiger partial charge in [-0.25, -0.2) is 0 Å². The van der Waals surface area contributed by atoms with Gasteiger partial charge in [-0.15, -0.1) is 0 Å². The molecule has 0 unspecified atom stereocenters. The Kier molecular flexibility index (Phi) is 2.74. The van der Waals surface area contributed by atoms with E-state index >= 15 is 0 Å². The first kappa shape index (κ1) is 8.65. The van der Waals surface area contributed by atoms with Crippen molar-refractivity contribution in [2.24, 2.45) is 0 Å². The fraction of sp³-hybridized carbons (Fsp3) is 0.125. The molecular weight excluding hydrogens is 151 g/mol. The van der Waals surface area contributed by atoms with Crippen molar-refractivity contribution < 1.29 is 4.79 Å². The van der Waals surface area contributed by atoms with Gasteiger partial charge in [-0.2, -0.15) is 0 Å². The number of rotatable bonds is 2. The number of nitrogens with one attached hydrogen (secondary N) is 2. The summed E-state index contributed by atoms with van der Waals surface area (Å²) >= 11 is 0. The summed E-state index contributed by atoms with van der Waals surface area (Å²) in [4.78, 5) is 11.1. The van der Waals surface area contributed by atoms with Crippen LogP contribution < -0.4 is 10.5 Å². The van der Waals surface area contributed by atoms with Crippen molar-refractivity contribution in [1.29, 1.82) is 0 Å². The quantitative estimate of drug-likeness (QED) is 0.601. The van der Waals surface area contributed by atoms with Gasteiger partial charge in [0.2, 0.25) is 13.9 Å². The molecule has 1 aromatic rings. The van der Waals surface area contributed by atoms with Crippen LogP contribution in [0.3, 0.4) is 0 Å². The highest BCUT2D eigenvalue weighted by Gasteiger charge is 2.01. The first-order valence-electron chi connectivity index (χ1n) is 3.78. The molecule has 0 aromatic heterocycles. The van der Waals surface area contributed by atoms with Crippen molar-refractivity contribution in [3.63, 3.8) is 0 Å². The summed E-state index contributed by atoms with van der Waals surface area (Å²) in [5.74, 6) is -0.0629. The summed E-state index contributed by atoms with van der Waals surface area (Å²) in [6, 6.07) is 7.33. The number of carbonyl (C=O) groups is 1. The van der Waals surface area contributed by atoms with Crippen LogP contribution >= 0.6 is 0 Å². The number of amides is 1. The molecule has 0 aliphatic heterocycles. The minimum absolute atomic E-state index is 0.0629. The van der Waals surface area contributed by atoms with Gasteiger partial charge in [0.1, 0.15) is 0 Å². The highest BCUT2D eigenvalue weighted by molar-refractivity contribution is 6.18. The van der Waals surface area contributed by atoms with Crippen LogP contribution in [0.4, 0.5) is 5.69 Å². The molecule has 2 N–H and O–H groups in total. The molecule has 62 valence electrons. The number of hydrogen-bond acceptors (Lipinski definition) is 2. The van der Waals surface area contributed by atoms with Crippen molar-refractivity contribution >= 4 is 19.6 Å². The van der Waals surface area contributed by atoms with Crippen LogP contribution in [0.25, 0.3) is 0 Å². The minimum atomic E-state index is -0.0629. The number of hydrogen-bond donors (Lipinski definition) is 2. The van der Waals surface area contributed by atoms with Crippen molar-refractivity contribution in [1.82, 2.24) is 5.23 Å². The molecule has 12 heavy (non-hydrogen) atoms. The van der Waals surface area contributed by atoms with Gasteiger partial charge in [0, 0.05) is 18.3 Å². The van der Waals surface area contributed by atoms with E-state index in [1.807, 2.05) is 19.2 Å². The third-order valence-corrected chi connectivity index (χ3v) is 1.64. The lowest BCUT2D eigenvalue weighted by atomic mass is 10.1. The van der Waals surface area contributed by atoms with E-state index in [1.54, 1.807) is 20.1 Å². The van der Waals surface area contributed by atoms with E-state index < -0.39 is 0 Å². The number of anilines is 1. The van der Waals surface area contributed by atoms with Crippen LogP contribution in [0.2, 0.25) is 0 Å². The average molecular weight is 162 g/mol. The summed E-state index contributed by atoms with van der Waals surface area (Å²) in [6.45, 7) is 0. The Labute approximate surface area is 72.6 Å². The van der Waals surface area contributed by atoms with Gasteiger partial charge >= 0.3 is 0 Å². The maximum Gasteiger partial charge on any atom is 0.238 e. The molecule has 4 heteroatoms. The second kappa shape index (κ2) is 3.81. The monoisotopic (exact) mass is 162 g/mol. The molecule has 0 spiro atoms. The SMILES string of the molecule is BNC(=O)c1cccc(NC)c1. The molecule has 1 aromatic carbocycles. The molecule has 0 aliphatic rings. The third-order valence-electron chi connectivity index (χ3n) is 1.64. The molecule has 1 amide bonds. The van der Waals surface area contributed by atoms with Gasteiger partial charge in [-0.1, -0.05) is 6.07 Å². The Morgan fingerprint density at radius 2 is 2.25 bits per heavy atom. The predicted octanol–water partition coefficient (Wildman–Crippen LogP) is 0.00620. The Morgan fingerprint density at radius 1 is 1.50 bits per heavy atom. The van der Waals surface area contributed by atoms with Crippen LogP contribution in [-0.4, -0.2) is 20.9 Å². The molecule has 0 atom stereocenters. The van der Waals surface area contributed by atoms with Crippen molar-refractivity contribution in [2.45, 2.75) is 0 Å². The molecule has 0 saturated carbocycles. The molecule has 0 fully saturated rings. The van der Waals surface area contributed by atoms with Crippen LogP contribution in [0, 0.1) is 0 Å². The first-order chi connectivity index (χ1) is 5.77. The molecular formula is C8H11BN2O. The number of carbonyl (C=O) groups excluding carboxylic acids is 1. The Balaban J connectivity index is 2.93. The zero-order valence-electron chi connectivity index (χ0n) is 7.22. The van der Waals surface area contributed by atoms with Gasteiger partial charge in [0.15, 0.2) is 0 Å². The lowest BCUT2D eigenvalue weighted by Gasteiger charge is -2.02. The highest BCUT2D eigenvalue weighted by atomic mass is 16.1. The van der Waals surface area contributed by atoms with Gasteiger partial charge in [0.05, 0.1) is 0 Å². The summed E-state index contributed by atoms with van der Waals surface area (Å²) in [5, 5.41) is 5.53. The molecule has 0 saturated heterocycles. The van der Waals surface area contributed by atoms with Crippen LogP contribution in [0.1, 0.15) is 10.4 Å². The third kappa shape index (κ3) is 1.78. The molecule has 0 bridgehead atoms. The van der Waals surface area contributed by atoms with Crippen molar-refractivity contribution in [3.05, 3.63) is 29.8 Å². The predicted molar refractivity (Wildman–Crippen MR) is 52.0 cm³/mol. The van der Waals surface area contributed by atoms with E-state index in [1.165, 1.54) is 0 Å². The highest BCUT2D eigenvalue weighted by Crippen LogP contribution is 2.08. The lowest BCUT2D eigenvalue weighted by Crippen LogP contribution is -2.19. The van der Waals surface area contributed by atoms with Crippen molar-refractivity contribution in [3.8, 4) is 0 Å². The summed E-state index contributed by atoms with van der Waals surface area (Å²) < 4.78 is 0. The van der Waals surface area contributed by atoms with Gasteiger partial charge in [-0.05, 0) is 18.2 Å². The summed E-state index contributed by atoms with van der Waals surface area (Å²) in [5.41, 5.74) is 1.61. The fourth-order valence-corrected chi connectivity index (χ4v) is 0.960. The summed E-state index contributed by atoms with van der Waals surface area (Å²) in [7, 11) is 3.44. The minimum Gasteiger partial charge on any atom is -0.402 e. The fourth-order valence-electron chi connectivity index (χ4n) is 0.960. The van der Waals surface area contributed by atoms with E-state index in [9.17, 15) is 4.79 Å². The lowest BCUT2D eigenvalue weighted by molar-refractivity contribution is 0.0981. The van der Waals surface area contributed by atoms with Crippen LogP contribution in [0.5, 0.6) is 0 Å². The Bertz CT molecular complexity index is 288. The van der Waals surface area contributed by atoms with E-state index in [-0.39, 0.29) is 5.91 Å². The first-order valence-corrected chi connectivity index (χ1v) is 3.78. The van der Waals surface area contributed by atoms with Crippen molar-refractivity contribution in [2.75, 3.05) is 12.4 Å².